The van der Waals surface area contributed by atoms with Crippen LogP contribution in [0, 0.1) is 6.07 Å². The van der Waals surface area contributed by atoms with Gasteiger partial charge < -0.3 is 0 Å². The van der Waals surface area contributed by atoms with Gasteiger partial charge in [-0.1, -0.05) is 72.3 Å². The van der Waals surface area contributed by atoms with Gasteiger partial charge in [-0.15, -0.1) is 0 Å². The molecule has 0 amide bonds. The predicted molar refractivity (Wildman–Crippen MR) is 88.9 cm³/mol. The van der Waals surface area contributed by atoms with Gasteiger partial charge in [-0.25, -0.2) is 0 Å². The van der Waals surface area contributed by atoms with Gasteiger partial charge in [-0.2, -0.15) is 0 Å². The molecule has 97 valence electrons. The van der Waals surface area contributed by atoms with Crippen LogP contribution in [0.4, 0.5) is 0 Å². The van der Waals surface area contributed by atoms with Crippen LogP contribution in [0.5, 0.6) is 0 Å². The van der Waals surface area contributed by atoms with E-state index in [0.29, 0.717) is 0 Å². The summed E-state index contributed by atoms with van der Waals surface area (Å²) >= 11 is 10.2. The van der Waals surface area contributed by atoms with E-state index in [-0.39, 0.29) is 0 Å². The summed E-state index contributed by atoms with van der Waals surface area (Å²) in [5, 5.41) is 0.744. The maximum Gasteiger partial charge on any atom is 0.0574 e. The maximum atomic E-state index is 6.63. The summed E-state index contributed by atoms with van der Waals surface area (Å²) in [6.45, 7) is 0. The van der Waals surface area contributed by atoms with Crippen LogP contribution in [0.3, 0.4) is 0 Å². The molecule has 0 bridgehead atoms. The summed E-state index contributed by atoms with van der Waals surface area (Å²) < 4.78 is 0.883. The van der Waals surface area contributed by atoms with Crippen LogP contribution in [-0.4, -0.2) is 0 Å². The monoisotopic (exact) mass is 341 g/mol. The smallest absolute Gasteiger partial charge is 0.0574 e. The van der Waals surface area contributed by atoms with E-state index >= 15 is 0 Å². The molecule has 2 heteroatoms. The Morgan fingerprint density at radius 3 is 1.95 bits per heavy atom. The molecule has 0 atom stereocenters. The van der Waals surface area contributed by atoms with Gasteiger partial charge in [0, 0.05) is 15.6 Å². The first-order valence-corrected chi connectivity index (χ1v) is 7.45. The highest BCUT2D eigenvalue weighted by atomic mass is 79.9. The molecule has 3 aromatic carbocycles. The third-order valence-corrected chi connectivity index (χ3v) is 4.18. The fourth-order valence-corrected chi connectivity index (χ4v) is 3.21. The Bertz CT molecular complexity index is 721. The standard InChI is InChI=1S/C18H11BrCl/c19-16-12-11-15(13-7-3-1-4-8-13)18(20)17(16)14-9-5-2-6-10-14/h1-11H. The zero-order chi connectivity index (χ0) is 13.9. The molecule has 0 nitrogen and oxygen atoms in total. The summed E-state index contributed by atoms with van der Waals surface area (Å²) in [6, 6.07) is 25.4. The van der Waals surface area contributed by atoms with Crippen LogP contribution in [0.15, 0.2) is 71.2 Å². The minimum absolute atomic E-state index is 0.744. The molecule has 0 aliphatic heterocycles. The number of hydrogen-bond donors (Lipinski definition) is 0. The maximum absolute atomic E-state index is 6.63. The van der Waals surface area contributed by atoms with E-state index in [1.165, 1.54) is 0 Å². The van der Waals surface area contributed by atoms with E-state index in [1.54, 1.807) is 0 Å². The summed E-state index contributed by atoms with van der Waals surface area (Å²) in [7, 11) is 0. The van der Waals surface area contributed by atoms with Crippen molar-refractivity contribution in [3.8, 4) is 22.3 Å². The number of hydrogen-bond acceptors (Lipinski definition) is 0. The lowest BCUT2D eigenvalue weighted by atomic mass is 9.99. The van der Waals surface area contributed by atoms with Crippen molar-refractivity contribution in [2.75, 3.05) is 0 Å². The fraction of sp³-hybridized carbons (Fsp3) is 0. The van der Waals surface area contributed by atoms with Crippen molar-refractivity contribution in [2.45, 2.75) is 0 Å². The van der Waals surface area contributed by atoms with Crippen molar-refractivity contribution in [1.29, 1.82) is 0 Å². The highest BCUT2D eigenvalue weighted by Crippen LogP contribution is 2.40. The van der Waals surface area contributed by atoms with Crippen molar-refractivity contribution in [1.82, 2.24) is 0 Å². The Morgan fingerprint density at radius 1 is 0.800 bits per heavy atom. The molecular formula is C18H11BrCl. The average Bonchev–Trinajstić information content (AvgIpc) is 2.49. The first-order chi connectivity index (χ1) is 9.77. The zero-order valence-electron chi connectivity index (χ0n) is 10.6. The molecule has 20 heavy (non-hydrogen) atoms. The van der Waals surface area contributed by atoms with Crippen molar-refractivity contribution in [2.24, 2.45) is 0 Å². The Morgan fingerprint density at radius 2 is 1.35 bits per heavy atom. The van der Waals surface area contributed by atoms with Gasteiger partial charge in [0.15, 0.2) is 0 Å². The molecule has 3 rings (SSSR count). The topological polar surface area (TPSA) is 0 Å². The van der Waals surface area contributed by atoms with Gasteiger partial charge in [0.25, 0.3) is 0 Å². The normalized spacial score (nSPS) is 10.5. The molecule has 0 aliphatic rings. The van der Waals surface area contributed by atoms with Crippen LogP contribution >= 0.6 is 27.5 Å². The van der Waals surface area contributed by atoms with E-state index < -0.39 is 0 Å². The van der Waals surface area contributed by atoms with Gasteiger partial charge in [0.05, 0.1) is 5.02 Å². The van der Waals surface area contributed by atoms with E-state index in [0.717, 1.165) is 31.7 Å². The summed E-state index contributed by atoms with van der Waals surface area (Å²) in [5.41, 5.74) is 4.15. The number of benzene rings is 3. The first kappa shape index (κ1) is 13.4. The predicted octanol–water partition coefficient (Wildman–Crippen LogP) is 6.24. The number of halogens is 2. The van der Waals surface area contributed by atoms with Crippen molar-refractivity contribution < 1.29 is 0 Å². The van der Waals surface area contributed by atoms with Gasteiger partial charge in [0.2, 0.25) is 0 Å². The Hall–Kier alpha value is -1.57. The lowest BCUT2D eigenvalue weighted by Crippen LogP contribution is -1.87. The van der Waals surface area contributed by atoms with E-state index in [4.69, 9.17) is 11.6 Å². The molecular weight excluding hydrogens is 332 g/mol. The minimum atomic E-state index is 0.744. The van der Waals surface area contributed by atoms with Crippen LogP contribution in [0.25, 0.3) is 22.3 Å². The molecule has 0 aromatic heterocycles. The molecule has 3 aromatic rings. The van der Waals surface area contributed by atoms with Gasteiger partial charge in [-0.3, -0.25) is 0 Å². The molecule has 0 heterocycles. The SMILES string of the molecule is Clc1c(-c2ccccc2)c[c]c(Br)c1-c1ccccc1. The highest BCUT2D eigenvalue weighted by Gasteiger charge is 2.13. The van der Waals surface area contributed by atoms with Crippen molar-refractivity contribution in [3.05, 3.63) is 82.3 Å². The lowest BCUT2D eigenvalue weighted by Gasteiger charge is -2.12. The molecule has 0 fully saturated rings. The lowest BCUT2D eigenvalue weighted by molar-refractivity contribution is 1.55. The molecule has 0 unspecified atom stereocenters. The fourth-order valence-electron chi connectivity index (χ4n) is 2.19. The van der Waals surface area contributed by atoms with Crippen molar-refractivity contribution in [3.63, 3.8) is 0 Å². The Labute approximate surface area is 132 Å². The van der Waals surface area contributed by atoms with Crippen LogP contribution in [-0.2, 0) is 0 Å². The van der Waals surface area contributed by atoms with E-state index in [9.17, 15) is 0 Å². The second kappa shape index (κ2) is 5.82. The highest BCUT2D eigenvalue weighted by molar-refractivity contribution is 9.10. The van der Waals surface area contributed by atoms with Crippen LogP contribution in [0.2, 0.25) is 5.02 Å². The van der Waals surface area contributed by atoms with Gasteiger partial charge in [0.1, 0.15) is 0 Å². The zero-order valence-corrected chi connectivity index (χ0v) is 12.9. The van der Waals surface area contributed by atoms with E-state index in [2.05, 4.69) is 46.3 Å². The average molecular weight is 343 g/mol. The summed E-state index contributed by atoms with van der Waals surface area (Å²) in [6.07, 6.45) is 0. The third kappa shape index (κ3) is 2.52. The van der Waals surface area contributed by atoms with Gasteiger partial charge >= 0.3 is 0 Å². The second-order valence-corrected chi connectivity index (χ2v) is 5.61. The summed E-state index contributed by atoms with van der Waals surface area (Å²) in [4.78, 5) is 0. The third-order valence-electron chi connectivity index (χ3n) is 3.17. The van der Waals surface area contributed by atoms with Crippen LogP contribution in [0.1, 0.15) is 0 Å². The Balaban J connectivity index is 2.22. The largest absolute Gasteiger partial charge is 0.0829 e. The molecule has 0 N–H and O–H groups in total. The molecule has 0 saturated heterocycles. The molecule has 0 aliphatic carbocycles. The van der Waals surface area contributed by atoms with Gasteiger partial charge in [-0.05, 0) is 39.2 Å². The minimum Gasteiger partial charge on any atom is -0.0829 e. The molecule has 0 saturated carbocycles. The first-order valence-electron chi connectivity index (χ1n) is 6.28. The van der Waals surface area contributed by atoms with E-state index in [1.807, 2.05) is 42.5 Å². The summed E-state index contributed by atoms with van der Waals surface area (Å²) in [5.74, 6) is 0. The van der Waals surface area contributed by atoms with Crippen molar-refractivity contribution >= 4 is 27.5 Å². The molecule has 0 spiro atoms. The van der Waals surface area contributed by atoms with Crippen LogP contribution < -0.4 is 0 Å². The Kier molecular flexibility index (Phi) is 3.90. The quantitative estimate of drug-likeness (QED) is 0.517. The second-order valence-electron chi connectivity index (χ2n) is 4.44. The molecule has 1 radical (unpaired) electrons. The number of rotatable bonds is 2.